The number of hydrogen-bond acceptors (Lipinski definition) is 0. The summed E-state index contributed by atoms with van der Waals surface area (Å²) in [6, 6.07) is 15.6. The monoisotopic (exact) mass is 795 g/mol. The summed E-state index contributed by atoms with van der Waals surface area (Å²) in [6.07, 6.45) is 42.3. The van der Waals surface area contributed by atoms with Gasteiger partial charge in [-0.2, -0.15) is 0 Å². The van der Waals surface area contributed by atoms with Gasteiger partial charge in [-0.05, 0) is 79.2 Å². The zero-order valence-corrected chi connectivity index (χ0v) is 42.7. The lowest BCUT2D eigenvalue weighted by Crippen LogP contribution is -2.13. The highest BCUT2D eigenvalue weighted by Gasteiger charge is 2.22. The highest BCUT2D eigenvalue weighted by molar-refractivity contribution is 5.45. The van der Waals surface area contributed by atoms with Crippen molar-refractivity contribution in [2.75, 3.05) is 0 Å². The van der Waals surface area contributed by atoms with Gasteiger partial charge in [0, 0.05) is 5.92 Å². The average Bonchev–Trinajstić information content (AvgIpc) is 3.81. The number of fused-ring (bicyclic) bond motifs is 1. The summed E-state index contributed by atoms with van der Waals surface area (Å²) in [6.45, 7) is 32.0. The molecule has 3 saturated carbocycles. The van der Waals surface area contributed by atoms with Crippen molar-refractivity contribution in [3.63, 3.8) is 0 Å². The van der Waals surface area contributed by atoms with E-state index in [1.165, 1.54) is 161 Å². The normalized spacial score (nSPS) is 16.8. The summed E-state index contributed by atoms with van der Waals surface area (Å²) < 4.78 is 0. The van der Waals surface area contributed by atoms with Crippen molar-refractivity contribution in [2.24, 2.45) is 0 Å². The number of aryl methyl sites for hydroxylation is 3. The molecule has 0 nitrogen and oxygen atoms in total. The lowest BCUT2D eigenvalue weighted by Gasteiger charge is -2.28. The van der Waals surface area contributed by atoms with Crippen LogP contribution in [0.25, 0.3) is 0 Å². The molecule has 0 amide bonds. The zero-order valence-electron chi connectivity index (χ0n) is 42.7. The lowest BCUT2D eigenvalue weighted by atomic mass is 9.77. The maximum atomic E-state index is 2.41. The molecule has 1 unspecified atom stereocenters. The van der Waals surface area contributed by atoms with Gasteiger partial charge in [0.15, 0.2) is 0 Å². The Labute approximate surface area is 364 Å². The van der Waals surface area contributed by atoms with Gasteiger partial charge in [-0.3, -0.25) is 0 Å². The second kappa shape index (κ2) is 58.5. The molecule has 338 valence electrons. The SMILES string of the molecule is C1=CC2CCCc3cccc(c32)C1.C1CCCC1.C1CCCCC1.C1CCCCCC1.CC.CC.CC.CC.CC.CC.CC.CC.c1ccc2c(c1)CCCC2. The van der Waals surface area contributed by atoms with Crippen LogP contribution in [0, 0.1) is 0 Å². The fourth-order valence-corrected chi connectivity index (χ4v) is 7.61. The summed E-state index contributed by atoms with van der Waals surface area (Å²) in [7, 11) is 0. The Balaban J connectivity index is -0.000000186. The molecule has 3 fully saturated rings. The van der Waals surface area contributed by atoms with E-state index in [9.17, 15) is 0 Å². The topological polar surface area (TPSA) is 0 Å². The molecular formula is C57H110. The van der Waals surface area contributed by atoms with Gasteiger partial charge in [-0.25, -0.2) is 0 Å². The fourth-order valence-electron chi connectivity index (χ4n) is 7.61. The molecule has 6 aliphatic rings. The molecule has 0 spiro atoms. The van der Waals surface area contributed by atoms with Gasteiger partial charge in [-0.15, -0.1) is 0 Å². The van der Waals surface area contributed by atoms with Crippen molar-refractivity contribution in [1.82, 2.24) is 0 Å². The van der Waals surface area contributed by atoms with Gasteiger partial charge in [0.25, 0.3) is 0 Å². The second-order valence-corrected chi connectivity index (χ2v) is 13.5. The number of hydrogen-bond donors (Lipinski definition) is 0. The number of allylic oxidation sites excluding steroid dienone is 2. The summed E-state index contributed by atoms with van der Waals surface area (Å²) in [5.74, 6) is 0.744. The predicted octanol–water partition coefficient (Wildman–Crippen LogP) is 21.0. The molecule has 2 aromatic carbocycles. The molecule has 8 rings (SSSR count). The Bertz CT molecular complexity index is 910. The first kappa shape index (κ1) is 64.3. The highest BCUT2D eigenvalue weighted by Crippen LogP contribution is 2.37. The van der Waals surface area contributed by atoms with Crippen LogP contribution in [0.5, 0.6) is 0 Å². The largest absolute Gasteiger partial charge is 0.0835 e. The fraction of sp³-hybridized carbons (Fsp3) is 0.754. The van der Waals surface area contributed by atoms with Crippen LogP contribution in [0.15, 0.2) is 54.6 Å². The molecule has 6 aliphatic carbocycles. The Morgan fingerprint density at radius 1 is 0.298 bits per heavy atom. The third-order valence-corrected chi connectivity index (χ3v) is 10.1. The van der Waals surface area contributed by atoms with Crippen LogP contribution >= 0.6 is 0 Å². The van der Waals surface area contributed by atoms with E-state index in [1.54, 1.807) is 27.8 Å². The Hall–Kier alpha value is -1.82. The minimum Gasteiger partial charge on any atom is -0.0835 e. The maximum absolute atomic E-state index is 2.41. The number of benzene rings is 2. The van der Waals surface area contributed by atoms with E-state index in [4.69, 9.17) is 0 Å². The minimum absolute atomic E-state index is 0.744. The highest BCUT2D eigenvalue weighted by atomic mass is 14.3. The molecule has 2 aromatic rings. The van der Waals surface area contributed by atoms with Gasteiger partial charge in [-0.1, -0.05) is 281 Å². The summed E-state index contributed by atoms with van der Waals surface area (Å²) in [5.41, 5.74) is 8.00. The molecule has 57 heavy (non-hydrogen) atoms. The van der Waals surface area contributed by atoms with E-state index >= 15 is 0 Å². The first-order valence-electron chi connectivity index (χ1n) is 26.3. The van der Waals surface area contributed by atoms with Gasteiger partial charge < -0.3 is 0 Å². The summed E-state index contributed by atoms with van der Waals surface area (Å²) in [4.78, 5) is 0. The van der Waals surface area contributed by atoms with Gasteiger partial charge in [0.05, 0.1) is 0 Å². The molecule has 0 heterocycles. The van der Waals surface area contributed by atoms with Crippen LogP contribution in [0.1, 0.15) is 286 Å². The Morgan fingerprint density at radius 3 is 0.912 bits per heavy atom. The van der Waals surface area contributed by atoms with Crippen LogP contribution in [0.4, 0.5) is 0 Å². The molecule has 0 saturated heterocycles. The van der Waals surface area contributed by atoms with Crippen molar-refractivity contribution < 1.29 is 0 Å². The molecular weight excluding hydrogens is 685 g/mol. The third kappa shape index (κ3) is 35.8. The molecule has 0 aliphatic heterocycles. The smallest absolute Gasteiger partial charge is 0.00237 e. The first-order valence-corrected chi connectivity index (χ1v) is 26.3. The van der Waals surface area contributed by atoms with Gasteiger partial charge in [0.1, 0.15) is 0 Å². The third-order valence-electron chi connectivity index (χ3n) is 10.1. The summed E-state index contributed by atoms with van der Waals surface area (Å²) >= 11 is 0. The van der Waals surface area contributed by atoms with Crippen LogP contribution in [-0.4, -0.2) is 0 Å². The number of rotatable bonds is 0. The minimum atomic E-state index is 0.744. The molecule has 0 bridgehead atoms. The van der Waals surface area contributed by atoms with Crippen LogP contribution < -0.4 is 0 Å². The first-order chi connectivity index (χ1) is 28.4. The van der Waals surface area contributed by atoms with E-state index in [1.807, 2.05) is 111 Å². The second-order valence-electron chi connectivity index (χ2n) is 13.5. The molecule has 0 aromatic heterocycles. The lowest BCUT2D eigenvalue weighted by molar-refractivity contribution is 0.504. The molecule has 1 atom stereocenters. The van der Waals surface area contributed by atoms with Gasteiger partial charge in [0.2, 0.25) is 0 Å². The zero-order chi connectivity index (χ0) is 44.2. The van der Waals surface area contributed by atoms with E-state index in [0.717, 1.165) is 12.3 Å². The standard InChI is InChI=1S/C13H14.C10H12.C7H14.C6H12.C5H10.8C2H6/c1-4-10-6-2-8-12-9-3-7-11(5-1)13(10)12;1-2-6-10-8-4-3-7-9(10)5-1;1-2-4-6-7-5-3-1;1-2-4-6-5-3-1;1-2-4-5-3-1;8*1-2/h1-2,4-5,8,12H,3,6-7,9H2;1-2,5-6H,3-4,7-8H2;1-7H2;1-6H2;1-5H2;8*1-2H3. The predicted molar refractivity (Wildman–Crippen MR) is 272 cm³/mol. The molecule has 0 heteroatoms. The van der Waals surface area contributed by atoms with E-state index in [-0.39, 0.29) is 0 Å². The Kier molecular flexibility index (Phi) is 66.0. The van der Waals surface area contributed by atoms with E-state index < -0.39 is 0 Å². The van der Waals surface area contributed by atoms with E-state index in [0.29, 0.717) is 0 Å². The van der Waals surface area contributed by atoms with Crippen molar-refractivity contribution in [3.05, 3.63) is 82.4 Å². The van der Waals surface area contributed by atoms with Crippen LogP contribution in [-0.2, 0) is 25.7 Å². The average molecular weight is 796 g/mol. The maximum Gasteiger partial charge on any atom is 0.00237 e. The van der Waals surface area contributed by atoms with Crippen LogP contribution in [0.2, 0.25) is 0 Å². The van der Waals surface area contributed by atoms with Crippen LogP contribution in [0.3, 0.4) is 0 Å². The summed E-state index contributed by atoms with van der Waals surface area (Å²) in [5, 5.41) is 0. The quantitative estimate of drug-likeness (QED) is 0.184. The van der Waals surface area contributed by atoms with E-state index in [2.05, 4.69) is 54.6 Å². The Morgan fingerprint density at radius 2 is 0.579 bits per heavy atom. The van der Waals surface area contributed by atoms with Gasteiger partial charge >= 0.3 is 0 Å². The van der Waals surface area contributed by atoms with Crippen molar-refractivity contribution in [1.29, 1.82) is 0 Å². The molecule has 0 N–H and O–H groups in total. The van der Waals surface area contributed by atoms with Crippen molar-refractivity contribution in [3.8, 4) is 0 Å². The molecule has 0 radical (unpaired) electrons. The van der Waals surface area contributed by atoms with Crippen molar-refractivity contribution in [2.45, 2.75) is 284 Å². The van der Waals surface area contributed by atoms with Crippen molar-refractivity contribution >= 4 is 0 Å².